The van der Waals surface area contributed by atoms with E-state index in [0.717, 1.165) is 11.4 Å². The van der Waals surface area contributed by atoms with E-state index < -0.39 is 0 Å². The molecule has 0 heterocycles. The van der Waals surface area contributed by atoms with Crippen molar-refractivity contribution in [2.24, 2.45) is 0 Å². The van der Waals surface area contributed by atoms with Gasteiger partial charge in [-0.2, -0.15) is 35.4 Å². The zero-order valence-corrected chi connectivity index (χ0v) is 10.6. The Morgan fingerprint density at radius 3 is 2.07 bits per heavy atom. The normalized spacial score (nSPS) is 8.67. The predicted molar refractivity (Wildman–Crippen MR) is 63.1 cm³/mol. The van der Waals surface area contributed by atoms with Gasteiger partial charge < -0.3 is 30.3 Å². The quantitative estimate of drug-likeness (QED) is 0.555. The largest absolute Gasteiger partial charge is 0.748 e. The zero-order valence-electron chi connectivity index (χ0n) is 8.76. The number of aryl methyl sites for hydroxylation is 1. The first kappa shape index (κ1) is 14.5. The van der Waals surface area contributed by atoms with Crippen molar-refractivity contribution in [1.82, 2.24) is 0 Å². The summed E-state index contributed by atoms with van der Waals surface area (Å²) in [6, 6.07) is 16.0. The monoisotopic (exact) mass is 262 g/mol. The summed E-state index contributed by atoms with van der Waals surface area (Å²) in [5.41, 5.74) is 1.35. The van der Waals surface area contributed by atoms with E-state index in [9.17, 15) is 0 Å². The van der Waals surface area contributed by atoms with Gasteiger partial charge in [-0.05, 0) is 0 Å². The molecule has 2 aromatic rings. The molecule has 0 aliphatic rings. The van der Waals surface area contributed by atoms with Crippen LogP contribution in [0.4, 0.5) is 0 Å². The van der Waals surface area contributed by atoms with Crippen molar-refractivity contribution in [2.75, 3.05) is 0 Å². The topological polar surface area (TPSA) is 0 Å². The van der Waals surface area contributed by atoms with Gasteiger partial charge in [0.1, 0.15) is 0 Å². The summed E-state index contributed by atoms with van der Waals surface area (Å²) in [7, 11) is 0. The van der Waals surface area contributed by atoms with Gasteiger partial charge in [0.05, 0.1) is 0 Å². The van der Waals surface area contributed by atoms with Gasteiger partial charge >= 0.3 is 0 Å². The van der Waals surface area contributed by atoms with Crippen LogP contribution in [0.3, 0.4) is 0 Å². The molecule has 0 bridgehead atoms. The molecule has 0 atom stereocenters. The predicted octanol–water partition coefficient (Wildman–Crippen LogP) is 4.41. The fourth-order valence-electron chi connectivity index (χ4n) is 1.22. The number of hydrogen-bond acceptors (Lipinski definition) is 0. The molecule has 0 amide bonds. The van der Waals surface area contributed by atoms with Crippen LogP contribution in [0.1, 0.15) is 18.9 Å². The number of halogens is 1. The fraction of sp³-hybridized carbons (Fsp3) is 0.231. The first-order valence-electron chi connectivity index (χ1n) is 4.90. The third-order valence-electron chi connectivity index (χ3n) is 1.87. The van der Waals surface area contributed by atoms with Crippen LogP contribution in [0.25, 0.3) is 0 Å². The Morgan fingerprint density at radius 2 is 1.73 bits per heavy atom. The van der Waals surface area contributed by atoms with Crippen molar-refractivity contribution >= 4 is 11.6 Å². The van der Waals surface area contributed by atoms with Crippen molar-refractivity contribution in [2.45, 2.75) is 19.8 Å². The molecular formula is C13H15ClFe-6. The summed E-state index contributed by atoms with van der Waals surface area (Å²) in [5, 5.41) is 0.860. The first-order valence-corrected chi connectivity index (χ1v) is 5.28. The van der Waals surface area contributed by atoms with Crippen molar-refractivity contribution < 1.29 is 17.1 Å². The van der Waals surface area contributed by atoms with Gasteiger partial charge in [0.25, 0.3) is 0 Å². The Bertz CT molecular complexity index is 305. The molecule has 0 fully saturated rings. The third kappa shape index (κ3) is 6.57. The second-order valence-electron chi connectivity index (χ2n) is 3.15. The number of hydrogen-bond donors (Lipinski definition) is 0. The van der Waals surface area contributed by atoms with Crippen LogP contribution < -0.4 is 0 Å². The van der Waals surface area contributed by atoms with E-state index in [0.29, 0.717) is 0 Å². The van der Waals surface area contributed by atoms with Crippen LogP contribution in [0.5, 0.6) is 0 Å². The Kier molecular flexibility index (Phi) is 8.50. The SMILES string of the molecule is CCC[c-]1ccc(Cl)c1.[Fe].[cH-]1[cH-][cH-][cH-][cH-]1. The Labute approximate surface area is 107 Å². The van der Waals surface area contributed by atoms with Crippen LogP contribution in [0.15, 0.2) is 48.5 Å². The second-order valence-corrected chi connectivity index (χ2v) is 3.59. The summed E-state index contributed by atoms with van der Waals surface area (Å²) < 4.78 is 0. The minimum atomic E-state index is 0. The van der Waals surface area contributed by atoms with Crippen molar-refractivity contribution in [3.05, 3.63) is 59.1 Å². The number of rotatable bonds is 2. The first-order chi connectivity index (χ1) is 6.83. The summed E-state index contributed by atoms with van der Waals surface area (Å²) in [6.45, 7) is 2.17. The van der Waals surface area contributed by atoms with E-state index >= 15 is 0 Å². The van der Waals surface area contributed by atoms with Gasteiger partial charge in [0.15, 0.2) is 0 Å². The standard InChI is InChI=1S/C8H10Cl.C5H5.Fe/c1-2-3-7-4-5-8(9)6-7;1-2-4-5-3-1;/h4-6H,2-3H2,1H3;1-5H;/q-1;-5;. The molecule has 2 rings (SSSR count). The molecule has 2 aromatic carbocycles. The van der Waals surface area contributed by atoms with Crippen LogP contribution in [-0.2, 0) is 23.5 Å². The molecule has 0 spiro atoms. The molecule has 0 radical (unpaired) electrons. The molecule has 0 aromatic heterocycles. The van der Waals surface area contributed by atoms with E-state index in [1.165, 1.54) is 12.0 Å². The smallest absolute Gasteiger partial charge is 0 e. The second kappa shape index (κ2) is 8.79. The molecule has 0 nitrogen and oxygen atoms in total. The van der Waals surface area contributed by atoms with Gasteiger partial charge in [-0.15, -0.1) is 5.02 Å². The fourth-order valence-corrected chi connectivity index (χ4v) is 1.43. The minimum Gasteiger partial charge on any atom is -0.748 e. The molecule has 88 valence electrons. The van der Waals surface area contributed by atoms with Gasteiger partial charge in [-0.3, -0.25) is 0 Å². The average Bonchev–Trinajstić information content (AvgIpc) is 2.79. The average molecular weight is 263 g/mol. The Morgan fingerprint density at radius 1 is 1.20 bits per heavy atom. The molecule has 0 saturated carbocycles. The molecule has 2 heteroatoms. The van der Waals surface area contributed by atoms with Crippen LogP contribution >= 0.6 is 11.6 Å². The molecular weight excluding hydrogens is 247 g/mol. The van der Waals surface area contributed by atoms with E-state index in [2.05, 4.69) is 13.0 Å². The van der Waals surface area contributed by atoms with Crippen molar-refractivity contribution in [3.63, 3.8) is 0 Å². The Hall–Kier alpha value is -0.491. The maximum Gasteiger partial charge on any atom is 0 e. The maximum atomic E-state index is 5.70. The zero-order chi connectivity index (χ0) is 10.2. The molecule has 0 N–H and O–H groups in total. The van der Waals surface area contributed by atoms with Crippen LogP contribution in [0, 0.1) is 0 Å². The Balaban J connectivity index is 0.000000280. The molecule has 0 unspecified atom stereocenters. The minimum absolute atomic E-state index is 0. The maximum absolute atomic E-state index is 5.70. The van der Waals surface area contributed by atoms with Gasteiger partial charge in [-0.25, -0.2) is 0 Å². The van der Waals surface area contributed by atoms with E-state index in [1.807, 2.05) is 42.5 Å². The summed E-state index contributed by atoms with van der Waals surface area (Å²) in [4.78, 5) is 0. The molecule has 15 heavy (non-hydrogen) atoms. The third-order valence-corrected chi connectivity index (χ3v) is 2.11. The van der Waals surface area contributed by atoms with Gasteiger partial charge in [-0.1, -0.05) is 19.8 Å². The van der Waals surface area contributed by atoms with Crippen molar-refractivity contribution in [3.8, 4) is 0 Å². The summed E-state index contributed by atoms with van der Waals surface area (Å²) >= 11 is 5.70. The molecule has 0 aliphatic carbocycles. The van der Waals surface area contributed by atoms with Gasteiger partial charge in [0, 0.05) is 17.1 Å². The van der Waals surface area contributed by atoms with Crippen LogP contribution in [-0.4, -0.2) is 0 Å². The van der Waals surface area contributed by atoms with E-state index in [4.69, 9.17) is 11.6 Å². The summed E-state index contributed by atoms with van der Waals surface area (Å²) in [5.74, 6) is 0. The molecule has 0 aliphatic heterocycles. The molecule has 0 saturated heterocycles. The van der Waals surface area contributed by atoms with E-state index in [1.54, 1.807) is 0 Å². The van der Waals surface area contributed by atoms with E-state index in [-0.39, 0.29) is 17.1 Å². The van der Waals surface area contributed by atoms with Crippen LogP contribution in [0.2, 0.25) is 5.02 Å². The summed E-state index contributed by atoms with van der Waals surface area (Å²) in [6.07, 6.45) is 2.34. The van der Waals surface area contributed by atoms with Gasteiger partial charge in [0.2, 0.25) is 0 Å². The van der Waals surface area contributed by atoms with Crippen molar-refractivity contribution in [1.29, 1.82) is 0 Å².